The van der Waals surface area contributed by atoms with E-state index in [2.05, 4.69) is 25.7 Å². The summed E-state index contributed by atoms with van der Waals surface area (Å²) < 4.78 is 29.9. The van der Waals surface area contributed by atoms with Crippen molar-refractivity contribution in [2.45, 2.75) is 13.3 Å². The lowest BCUT2D eigenvalue weighted by atomic mass is 10.2. The topological polar surface area (TPSA) is 39.2 Å². The summed E-state index contributed by atoms with van der Waals surface area (Å²) in [5, 5.41) is -0.378. The molecule has 0 saturated carbocycles. The molecule has 0 N–H and O–H groups in total. The number of carbonyl (C=O) groups is 1. The number of rotatable bonds is 3. The van der Waals surface area contributed by atoms with Crippen LogP contribution in [0, 0.1) is 0 Å². The SMILES string of the molecule is CCOC(=O)c1nc(Br)cc(C(F)F)c1Cl. The summed E-state index contributed by atoms with van der Waals surface area (Å²) in [4.78, 5) is 15.1. The molecule has 1 aromatic rings. The van der Waals surface area contributed by atoms with Crippen LogP contribution in [-0.4, -0.2) is 17.6 Å². The molecule has 0 bridgehead atoms. The Morgan fingerprint density at radius 3 is 2.81 bits per heavy atom. The average Bonchev–Trinajstić information content (AvgIpc) is 2.20. The standard InChI is InChI=1S/C9H7BrClF2NO2/c1-2-16-9(15)7-6(11)4(8(12)13)3-5(10)14-7/h3,8H,2H2,1H3. The first-order valence-corrected chi connectivity index (χ1v) is 5.45. The Labute approximate surface area is 104 Å². The first-order chi connectivity index (χ1) is 7.47. The number of esters is 1. The number of hydrogen-bond acceptors (Lipinski definition) is 3. The van der Waals surface area contributed by atoms with Crippen molar-refractivity contribution in [3.8, 4) is 0 Å². The molecule has 88 valence electrons. The number of hydrogen-bond donors (Lipinski definition) is 0. The Morgan fingerprint density at radius 1 is 1.69 bits per heavy atom. The third-order valence-corrected chi connectivity index (χ3v) is 2.46. The molecule has 16 heavy (non-hydrogen) atoms. The zero-order chi connectivity index (χ0) is 12.3. The zero-order valence-electron chi connectivity index (χ0n) is 8.14. The van der Waals surface area contributed by atoms with Crippen LogP contribution in [0.4, 0.5) is 8.78 Å². The van der Waals surface area contributed by atoms with Crippen molar-refractivity contribution in [2.75, 3.05) is 6.61 Å². The van der Waals surface area contributed by atoms with Crippen LogP contribution in [0.5, 0.6) is 0 Å². The molecule has 0 radical (unpaired) electrons. The van der Waals surface area contributed by atoms with Crippen molar-refractivity contribution in [3.05, 3.63) is 26.9 Å². The monoisotopic (exact) mass is 313 g/mol. The molecule has 0 aliphatic heterocycles. The molecular weight excluding hydrogens is 307 g/mol. The molecule has 0 aliphatic rings. The summed E-state index contributed by atoms with van der Waals surface area (Å²) >= 11 is 8.57. The Balaban J connectivity index is 3.24. The van der Waals surface area contributed by atoms with Gasteiger partial charge in [0.2, 0.25) is 0 Å². The van der Waals surface area contributed by atoms with E-state index in [0.29, 0.717) is 0 Å². The normalized spacial score (nSPS) is 10.6. The zero-order valence-corrected chi connectivity index (χ0v) is 10.5. The highest BCUT2D eigenvalue weighted by molar-refractivity contribution is 9.10. The average molecular weight is 315 g/mol. The lowest BCUT2D eigenvalue weighted by molar-refractivity contribution is 0.0519. The van der Waals surface area contributed by atoms with Crippen LogP contribution in [0.25, 0.3) is 0 Å². The summed E-state index contributed by atoms with van der Waals surface area (Å²) in [6.45, 7) is 1.71. The fraction of sp³-hybridized carbons (Fsp3) is 0.333. The second-order valence-corrected chi connectivity index (χ2v) is 3.91. The Bertz CT molecular complexity index is 415. The van der Waals surface area contributed by atoms with Crippen LogP contribution in [0.2, 0.25) is 5.02 Å². The van der Waals surface area contributed by atoms with Crippen molar-refractivity contribution in [3.63, 3.8) is 0 Å². The van der Waals surface area contributed by atoms with Gasteiger partial charge >= 0.3 is 5.97 Å². The molecule has 0 atom stereocenters. The maximum absolute atomic E-state index is 12.6. The predicted molar refractivity (Wildman–Crippen MR) is 57.9 cm³/mol. The van der Waals surface area contributed by atoms with Gasteiger partial charge in [-0.1, -0.05) is 11.6 Å². The van der Waals surface area contributed by atoms with Crippen molar-refractivity contribution in [1.29, 1.82) is 0 Å². The number of nitrogens with zero attached hydrogens (tertiary/aromatic N) is 1. The summed E-state index contributed by atoms with van der Waals surface area (Å²) in [6, 6.07) is 1.07. The fourth-order valence-electron chi connectivity index (χ4n) is 1.01. The van der Waals surface area contributed by atoms with Crippen LogP contribution >= 0.6 is 27.5 Å². The predicted octanol–water partition coefficient (Wildman–Crippen LogP) is 3.61. The van der Waals surface area contributed by atoms with Gasteiger partial charge in [0.15, 0.2) is 5.69 Å². The minimum atomic E-state index is -2.78. The molecule has 0 aliphatic carbocycles. The highest BCUT2D eigenvalue weighted by Crippen LogP contribution is 2.31. The summed E-state index contributed by atoms with van der Waals surface area (Å²) in [7, 11) is 0. The van der Waals surface area contributed by atoms with Gasteiger partial charge in [0, 0.05) is 5.56 Å². The van der Waals surface area contributed by atoms with Gasteiger partial charge in [-0.2, -0.15) is 0 Å². The summed E-state index contributed by atoms with van der Waals surface area (Å²) in [5.41, 5.74) is -0.764. The number of ether oxygens (including phenoxy) is 1. The Hall–Kier alpha value is -0.750. The van der Waals surface area contributed by atoms with Crippen LogP contribution in [0.3, 0.4) is 0 Å². The van der Waals surface area contributed by atoms with Crippen LogP contribution in [-0.2, 0) is 4.74 Å². The first-order valence-electron chi connectivity index (χ1n) is 4.28. The highest BCUT2D eigenvalue weighted by Gasteiger charge is 2.22. The van der Waals surface area contributed by atoms with Gasteiger partial charge < -0.3 is 4.74 Å². The van der Waals surface area contributed by atoms with Gasteiger partial charge in [0.25, 0.3) is 6.43 Å². The van der Waals surface area contributed by atoms with Crippen molar-refractivity contribution in [2.24, 2.45) is 0 Å². The van der Waals surface area contributed by atoms with E-state index in [1.807, 2.05) is 0 Å². The maximum atomic E-state index is 12.6. The fourth-order valence-corrected chi connectivity index (χ4v) is 1.69. The largest absolute Gasteiger partial charge is 0.461 e. The third kappa shape index (κ3) is 2.89. The van der Waals surface area contributed by atoms with Crippen LogP contribution < -0.4 is 0 Å². The van der Waals surface area contributed by atoms with Gasteiger partial charge in [-0.25, -0.2) is 18.6 Å². The molecule has 0 spiro atoms. The Kier molecular flexibility index (Phi) is 4.61. The van der Waals surface area contributed by atoms with E-state index in [4.69, 9.17) is 11.6 Å². The smallest absolute Gasteiger partial charge is 0.358 e. The van der Waals surface area contributed by atoms with E-state index in [9.17, 15) is 13.6 Å². The van der Waals surface area contributed by atoms with E-state index in [-0.39, 0.29) is 21.9 Å². The van der Waals surface area contributed by atoms with E-state index in [1.54, 1.807) is 6.92 Å². The molecule has 0 amide bonds. The van der Waals surface area contributed by atoms with E-state index < -0.39 is 18.0 Å². The second-order valence-electron chi connectivity index (χ2n) is 2.72. The van der Waals surface area contributed by atoms with E-state index in [1.165, 1.54) is 0 Å². The van der Waals surface area contributed by atoms with Crippen molar-refractivity contribution >= 4 is 33.5 Å². The van der Waals surface area contributed by atoms with Crippen molar-refractivity contribution in [1.82, 2.24) is 4.98 Å². The third-order valence-electron chi connectivity index (χ3n) is 1.66. The van der Waals surface area contributed by atoms with Gasteiger partial charge in [-0.15, -0.1) is 0 Å². The minimum absolute atomic E-state index is 0.107. The Morgan fingerprint density at radius 2 is 2.31 bits per heavy atom. The first kappa shape index (κ1) is 13.3. The molecule has 1 aromatic heterocycles. The maximum Gasteiger partial charge on any atom is 0.358 e. The number of halogens is 4. The van der Waals surface area contributed by atoms with Gasteiger partial charge in [-0.3, -0.25) is 0 Å². The molecule has 0 fully saturated rings. The lowest BCUT2D eigenvalue weighted by Gasteiger charge is -2.08. The minimum Gasteiger partial charge on any atom is -0.461 e. The van der Waals surface area contributed by atoms with E-state index >= 15 is 0 Å². The van der Waals surface area contributed by atoms with Crippen LogP contribution in [0.15, 0.2) is 10.7 Å². The van der Waals surface area contributed by atoms with E-state index in [0.717, 1.165) is 6.07 Å². The molecule has 1 rings (SSSR count). The molecule has 0 unspecified atom stereocenters. The number of carbonyl (C=O) groups excluding carboxylic acids is 1. The summed E-state index contributed by atoms with van der Waals surface area (Å²) in [6.07, 6.45) is -2.78. The molecule has 3 nitrogen and oxygen atoms in total. The molecule has 0 saturated heterocycles. The number of aromatic nitrogens is 1. The van der Waals surface area contributed by atoms with Crippen LogP contribution in [0.1, 0.15) is 29.4 Å². The van der Waals surface area contributed by atoms with Gasteiger partial charge in [0.05, 0.1) is 11.6 Å². The van der Waals surface area contributed by atoms with Gasteiger partial charge in [0.1, 0.15) is 4.60 Å². The molecule has 1 heterocycles. The quantitative estimate of drug-likeness (QED) is 0.632. The number of alkyl halides is 2. The molecular formula is C9H7BrClF2NO2. The molecule has 0 aromatic carbocycles. The second kappa shape index (κ2) is 5.54. The molecule has 7 heteroatoms. The van der Waals surface area contributed by atoms with Gasteiger partial charge in [-0.05, 0) is 28.9 Å². The number of pyridine rings is 1. The summed E-state index contributed by atoms with van der Waals surface area (Å²) in [5.74, 6) is -0.823. The van der Waals surface area contributed by atoms with Crippen molar-refractivity contribution < 1.29 is 18.3 Å². The highest BCUT2D eigenvalue weighted by atomic mass is 79.9. The lowest BCUT2D eigenvalue weighted by Crippen LogP contribution is -2.09.